The topological polar surface area (TPSA) is 32.7 Å². The highest BCUT2D eigenvalue weighted by atomic mass is 16.5. The molecule has 0 aromatic rings. The van der Waals surface area contributed by atoms with Crippen LogP contribution in [0.5, 0.6) is 0 Å². The number of rotatable bonds is 2. The predicted molar refractivity (Wildman–Crippen MR) is 38.1 cm³/mol. The molecule has 1 rings (SSSR count). The lowest BCUT2D eigenvalue weighted by atomic mass is 10.3. The van der Waals surface area contributed by atoms with Crippen LogP contribution in [0.3, 0.4) is 0 Å². The van der Waals surface area contributed by atoms with Crippen LogP contribution in [0, 0.1) is 6.10 Å². The van der Waals surface area contributed by atoms with Gasteiger partial charge in [0.05, 0.1) is 13.2 Å². The van der Waals surface area contributed by atoms with Gasteiger partial charge in [-0.2, -0.15) is 0 Å². The first-order chi connectivity index (χ1) is 4.79. The maximum atomic E-state index is 8.94. The van der Waals surface area contributed by atoms with E-state index in [-0.39, 0.29) is 0 Å². The van der Waals surface area contributed by atoms with Gasteiger partial charge in [0.15, 0.2) is 0 Å². The Kier molecular flexibility index (Phi) is 3.12. The summed E-state index contributed by atoms with van der Waals surface area (Å²) in [6, 6.07) is 0. The molecule has 1 saturated heterocycles. The summed E-state index contributed by atoms with van der Waals surface area (Å²) in [7, 11) is 0. The van der Waals surface area contributed by atoms with Gasteiger partial charge in [0.2, 0.25) is 0 Å². The van der Waals surface area contributed by atoms with Crippen molar-refractivity contribution in [3.05, 3.63) is 6.10 Å². The Morgan fingerprint density at radius 1 is 1.50 bits per heavy atom. The fraction of sp³-hybridized carbons (Fsp3) is 0.857. The molecule has 3 nitrogen and oxygen atoms in total. The van der Waals surface area contributed by atoms with Crippen molar-refractivity contribution in [3.63, 3.8) is 0 Å². The summed E-state index contributed by atoms with van der Waals surface area (Å²) in [5.41, 5.74) is 0. The van der Waals surface area contributed by atoms with Crippen LogP contribution in [-0.2, 0) is 4.74 Å². The third kappa shape index (κ3) is 2.64. The molecule has 1 fully saturated rings. The third-order valence-corrected chi connectivity index (χ3v) is 1.56. The Morgan fingerprint density at radius 3 is 2.60 bits per heavy atom. The molecular weight excluding hydrogens is 130 g/mol. The highest BCUT2D eigenvalue weighted by Crippen LogP contribution is 2.00. The van der Waals surface area contributed by atoms with Gasteiger partial charge < -0.3 is 9.84 Å². The van der Waals surface area contributed by atoms with Gasteiger partial charge in [-0.25, -0.2) is 0 Å². The summed E-state index contributed by atoms with van der Waals surface area (Å²) in [6.45, 7) is 5.91. The average molecular weight is 144 g/mol. The summed E-state index contributed by atoms with van der Waals surface area (Å²) in [4.78, 5) is 2.18. The van der Waals surface area contributed by atoms with Gasteiger partial charge in [0, 0.05) is 19.6 Å². The van der Waals surface area contributed by atoms with Crippen molar-refractivity contribution in [3.8, 4) is 0 Å². The molecule has 1 radical (unpaired) electrons. The second kappa shape index (κ2) is 3.91. The molecule has 0 aromatic carbocycles. The van der Waals surface area contributed by atoms with Crippen LogP contribution >= 0.6 is 0 Å². The van der Waals surface area contributed by atoms with E-state index in [0.29, 0.717) is 12.6 Å². The molecule has 0 atom stereocenters. The van der Waals surface area contributed by atoms with Gasteiger partial charge in [-0.15, -0.1) is 0 Å². The molecule has 1 aliphatic heterocycles. The monoisotopic (exact) mass is 144 g/mol. The van der Waals surface area contributed by atoms with Gasteiger partial charge in [-0.05, 0) is 6.92 Å². The summed E-state index contributed by atoms with van der Waals surface area (Å²) in [5.74, 6) is 0. The first-order valence-electron chi connectivity index (χ1n) is 3.60. The molecule has 10 heavy (non-hydrogen) atoms. The van der Waals surface area contributed by atoms with Crippen LogP contribution in [-0.4, -0.2) is 42.9 Å². The third-order valence-electron chi connectivity index (χ3n) is 1.56. The zero-order chi connectivity index (χ0) is 7.40. The van der Waals surface area contributed by atoms with Crippen molar-refractivity contribution in [2.45, 2.75) is 6.92 Å². The molecule has 0 unspecified atom stereocenters. The maximum Gasteiger partial charge on any atom is 0.104 e. The Labute approximate surface area is 61.6 Å². The van der Waals surface area contributed by atoms with Crippen LogP contribution in [0.2, 0.25) is 0 Å². The van der Waals surface area contributed by atoms with E-state index >= 15 is 0 Å². The second-order valence-corrected chi connectivity index (χ2v) is 2.62. The smallest absolute Gasteiger partial charge is 0.104 e. The number of nitrogens with zero attached hydrogens (tertiary/aromatic N) is 1. The van der Waals surface area contributed by atoms with Gasteiger partial charge >= 0.3 is 0 Å². The van der Waals surface area contributed by atoms with Crippen molar-refractivity contribution in [1.82, 2.24) is 4.90 Å². The molecule has 0 aromatic heterocycles. The number of hydrogen-bond acceptors (Lipinski definition) is 3. The summed E-state index contributed by atoms with van der Waals surface area (Å²) < 4.78 is 5.15. The summed E-state index contributed by atoms with van der Waals surface area (Å²) in [5, 5.41) is 8.94. The summed E-state index contributed by atoms with van der Waals surface area (Å²) in [6.07, 6.45) is 0.488. The van der Waals surface area contributed by atoms with E-state index in [1.165, 1.54) is 0 Å². The minimum Gasteiger partial charge on any atom is -0.386 e. The molecule has 1 N–H and O–H groups in total. The van der Waals surface area contributed by atoms with Crippen LogP contribution in [0.1, 0.15) is 6.92 Å². The largest absolute Gasteiger partial charge is 0.386 e. The van der Waals surface area contributed by atoms with E-state index < -0.39 is 0 Å². The van der Waals surface area contributed by atoms with Gasteiger partial charge in [0.25, 0.3) is 0 Å². The summed E-state index contributed by atoms with van der Waals surface area (Å²) >= 11 is 0. The lowest BCUT2D eigenvalue weighted by molar-refractivity contribution is 0.0322. The molecular formula is C7H14NO2. The van der Waals surface area contributed by atoms with E-state index in [1.807, 2.05) is 0 Å². The quantitative estimate of drug-likeness (QED) is 0.602. The molecule has 0 saturated carbocycles. The Hall–Kier alpha value is -0.120. The molecule has 0 aliphatic carbocycles. The fourth-order valence-electron chi connectivity index (χ4n) is 1.08. The highest BCUT2D eigenvalue weighted by molar-refractivity contribution is 4.75. The van der Waals surface area contributed by atoms with Crippen LogP contribution in [0.15, 0.2) is 0 Å². The molecule has 0 spiro atoms. The Morgan fingerprint density at radius 2 is 2.10 bits per heavy atom. The lowest BCUT2D eigenvalue weighted by Gasteiger charge is -2.26. The molecule has 1 heterocycles. The molecule has 0 bridgehead atoms. The Balaban J connectivity index is 2.13. The first kappa shape index (κ1) is 7.98. The number of aliphatic hydroxyl groups excluding tert-OH is 1. The van der Waals surface area contributed by atoms with Crippen molar-refractivity contribution < 1.29 is 9.84 Å². The first-order valence-corrected chi connectivity index (χ1v) is 3.60. The van der Waals surface area contributed by atoms with Crippen molar-refractivity contribution in [2.24, 2.45) is 0 Å². The number of morpholine rings is 1. The second-order valence-electron chi connectivity index (χ2n) is 2.62. The maximum absolute atomic E-state index is 8.94. The minimum absolute atomic E-state index is 0.488. The van der Waals surface area contributed by atoms with Gasteiger partial charge in [-0.3, -0.25) is 4.90 Å². The molecule has 3 heteroatoms. The van der Waals surface area contributed by atoms with E-state index in [0.717, 1.165) is 26.3 Å². The van der Waals surface area contributed by atoms with E-state index in [9.17, 15) is 0 Å². The molecule has 59 valence electrons. The van der Waals surface area contributed by atoms with Gasteiger partial charge in [0.1, 0.15) is 6.10 Å². The highest BCUT2D eigenvalue weighted by Gasteiger charge is 2.11. The fourth-order valence-corrected chi connectivity index (χ4v) is 1.08. The number of hydrogen-bond donors (Lipinski definition) is 1. The predicted octanol–water partition coefficient (Wildman–Crippen LogP) is 0.243. The van der Waals surface area contributed by atoms with Crippen molar-refractivity contribution >= 4 is 0 Å². The van der Waals surface area contributed by atoms with Crippen LogP contribution < -0.4 is 0 Å². The van der Waals surface area contributed by atoms with Gasteiger partial charge in [-0.1, -0.05) is 0 Å². The normalized spacial score (nSPS) is 21.9. The number of aliphatic hydroxyl groups is 1. The zero-order valence-corrected chi connectivity index (χ0v) is 6.34. The minimum atomic E-state index is 0.488. The van der Waals surface area contributed by atoms with Crippen LogP contribution in [0.4, 0.5) is 0 Å². The SMILES string of the molecule is C[C](O)CN1CCOCC1. The standard InChI is InChI=1S/C7H14NO2/c1-7(9)6-8-2-4-10-5-3-8/h9H,2-6H2,1H3. The lowest BCUT2D eigenvalue weighted by Crippen LogP contribution is -2.38. The zero-order valence-electron chi connectivity index (χ0n) is 6.34. The Bertz CT molecular complexity index is 89.6. The van der Waals surface area contributed by atoms with Crippen molar-refractivity contribution in [1.29, 1.82) is 0 Å². The molecule has 0 amide bonds. The van der Waals surface area contributed by atoms with E-state index in [2.05, 4.69) is 4.90 Å². The van der Waals surface area contributed by atoms with Crippen LogP contribution in [0.25, 0.3) is 0 Å². The number of ether oxygens (including phenoxy) is 1. The average Bonchev–Trinajstić information content (AvgIpc) is 1.88. The van der Waals surface area contributed by atoms with E-state index in [4.69, 9.17) is 9.84 Å². The van der Waals surface area contributed by atoms with E-state index in [1.54, 1.807) is 6.92 Å². The van der Waals surface area contributed by atoms with Crippen molar-refractivity contribution in [2.75, 3.05) is 32.8 Å². The molecule has 1 aliphatic rings.